The molecular weight excluding hydrogens is 200 g/mol. The lowest BCUT2D eigenvalue weighted by Gasteiger charge is -2.31. The second-order valence-electron chi connectivity index (χ2n) is 3.66. The molecule has 0 saturated heterocycles. The van der Waals surface area contributed by atoms with Crippen molar-refractivity contribution in [2.24, 2.45) is 4.99 Å². The minimum Gasteiger partial charge on any atom is -0.480 e. The number of hydrogen-bond acceptors (Lipinski definition) is 2. The number of halogens is 2. The second kappa shape index (κ2) is 3.61. The van der Waals surface area contributed by atoms with E-state index in [-0.39, 0.29) is 12.2 Å². The van der Waals surface area contributed by atoms with Crippen molar-refractivity contribution in [2.75, 3.05) is 6.61 Å². The molecule has 1 heterocycles. The van der Waals surface area contributed by atoms with Crippen molar-refractivity contribution in [1.82, 2.24) is 0 Å². The third-order valence-corrected chi connectivity index (χ3v) is 2.67. The van der Waals surface area contributed by atoms with E-state index in [0.717, 1.165) is 0 Å². The summed E-state index contributed by atoms with van der Waals surface area (Å²) in [6, 6.07) is 6.09. The van der Waals surface area contributed by atoms with Crippen LogP contribution in [0.4, 0.5) is 8.78 Å². The standard InChI is InChI=1S/C11H11F2NO/c1-11(10(13)6-15-7-14-11)8-4-2-3-5-9(8)12/h2-5,7,10H,6H2,1H3/t10-,11+/m0/s1. The highest BCUT2D eigenvalue weighted by molar-refractivity contribution is 5.50. The SMILES string of the molecule is C[C@]1(c2ccccc2F)N=COC[C@@H]1F. The van der Waals surface area contributed by atoms with Gasteiger partial charge < -0.3 is 4.74 Å². The van der Waals surface area contributed by atoms with E-state index >= 15 is 0 Å². The van der Waals surface area contributed by atoms with E-state index in [9.17, 15) is 8.78 Å². The summed E-state index contributed by atoms with van der Waals surface area (Å²) in [5, 5.41) is 0. The van der Waals surface area contributed by atoms with Gasteiger partial charge in [0.05, 0.1) is 0 Å². The normalized spacial score (nSPS) is 29.9. The van der Waals surface area contributed by atoms with Gasteiger partial charge in [-0.25, -0.2) is 13.8 Å². The van der Waals surface area contributed by atoms with E-state index in [0.29, 0.717) is 0 Å². The Morgan fingerprint density at radius 3 is 2.87 bits per heavy atom. The lowest BCUT2D eigenvalue weighted by molar-refractivity contribution is 0.101. The fourth-order valence-electron chi connectivity index (χ4n) is 1.63. The summed E-state index contributed by atoms with van der Waals surface area (Å²) in [5.74, 6) is -0.443. The maximum Gasteiger partial charge on any atom is 0.170 e. The first-order valence-electron chi connectivity index (χ1n) is 4.69. The quantitative estimate of drug-likeness (QED) is 0.699. The molecule has 0 saturated carbocycles. The summed E-state index contributed by atoms with van der Waals surface area (Å²) >= 11 is 0. The minimum absolute atomic E-state index is 0.0890. The van der Waals surface area contributed by atoms with Crippen LogP contribution in [0.15, 0.2) is 29.3 Å². The van der Waals surface area contributed by atoms with Crippen LogP contribution in [0.5, 0.6) is 0 Å². The van der Waals surface area contributed by atoms with Crippen LogP contribution in [0, 0.1) is 5.82 Å². The van der Waals surface area contributed by atoms with Gasteiger partial charge in [-0.05, 0) is 13.0 Å². The summed E-state index contributed by atoms with van der Waals surface area (Å²) in [6.45, 7) is 1.48. The van der Waals surface area contributed by atoms with Crippen LogP contribution in [-0.2, 0) is 10.3 Å². The molecule has 0 fully saturated rings. The van der Waals surface area contributed by atoms with E-state index in [2.05, 4.69) is 4.99 Å². The number of alkyl halides is 1. The zero-order valence-corrected chi connectivity index (χ0v) is 8.28. The van der Waals surface area contributed by atoms with Crippen LogP contribution in [0.25, 0.3) is 0 Å². The van der Waals surface area contributed by atoms with Gasteiger partial charge in [0.2, 0.25) is 0 Å². The maximum atomic E-state index is 13.7. The Balaban J connectivity index is 2.48. The summed E-state index contributed by atoms with van der Waals surface area (Å²) in [5.41, 5.74) is -0.916. The van der Waals surface area contributed by atoms with Crippen molar-refractivity contribution >= 4 is 6.40 Å². The molecule has 2 nitrogen and oxygen atoms in total. The Morgan fingerprint density at radius 2 is 2.20 bits per heavy atom. The molecule has 2 rings (SSSR count). The third kappa shape index (κ3) is 1.60. The van der Waals surface area contributed by atoms with E-state index in [4.69, 9.17) is 4.74 Å². The number of nitrogens with zero attached hydrogens (tertiary/aromatic N) is 1. The molecule has 0 N–H and O–H groups in total. The van der Waals surface area contributed by atoms with Gasteiger partial charge >= 0.3 is 0 Å². The number of aliphatic imine (C=N–C) groups is 1. The first-order valence-corrected chi connectivity index (χ1v) is 4.69. The number of hydrogen-bond donors (Lipinski definition) is 0. The largest absolute Gasteiger partial charge is 0.480 e. The molecule has 1 aliphatic heterocycles. The molecule has 0 radical (unpaired) electrons. The Morgan fingerprint density at radius 1 is 1.47 bits per heavy atom. The molecule has 2 atom stereocenters. The fourth-order valence-corrected chi connectivity index (χ4v) is 1.63. The summed E-state index contributed by atoms with van der Waals surface area (Å²) in [7, 11) is 0. The molecule has 1 aromatic rings. The van der Waals surface area contributed by atoms with Gasteiger partial charge in [-0.2, -0.15) is 0 Å². The second-order valence-corrected chi connectivity index (χ2v) is 3.66. The van der Waals surface area contributed by atoms with Gasteiger partial charge in [-0.3, -0.25) is 0 Å². The molecule has 0 unspecified atom stereocenters. The van der Waals surface area contributed by atoms with Crippen LogP contribution in [0.2, 0.25) is 0 Å². The Kier molecular flexibility index (Phi) is 2.42. The molecular formula is C11H11F2NO. The maximum absolute atomic E-state index is 13.7. The van der Waals surface area contributed by atoms with E-state index in [1.54, 1.807) is 25.1 Å². The summed E-state index contributed by atoms with van der Waals surface area (Å²) < 4.78 is 32.0. The van der Waals surface area contributed by atoms with Gasteiger partial charge in [0.25, 0.3) is 0 Å². The molecule has 4 heteroatoms. The Hall–Kier alpha value is -1.45. The van der Waals surface area contributed by atoms with Gasteiger partial charge in [0, 0.05) is 5.56 Å². The smallest absolute Gasteiger partial charge is 0.170 e. The van der Waals surface area contributed by atoms with Gasteiger partial charge in [0.15, 0.2) is 12.6 Å². The van der Waals surface area contributed by atoms with Crippen molar-refractivity contribution in [3.8, 4) is 0 Å². The predicted molar refractivity (Wildman–Crippen MR) is 53.1 cm³/mol. The number of benzene rings is 1. The Bertz CT molecular complexity index is 394. The first kappa shape index (κ1) is 10.1. The minimum atomic E-state index is -1.33. The topological polar surface area (TPSA) is 21.6 Å². The van der Waals surface area contributed by atoms with Crippen LogP contribution in [0.1, 0.15) is 12.5 Å². The highest BCUT2D eigenvalue weighted by Gasteiger charge is 2.40. The van der Waals surface area contributed by atoms with Crippen LogP contribution in [0.3, 0.4) is 0 Å². The molecule has 0 aromatic heterocycles. The highest BCUT2D eigenvalue weighted by atomic mass is 19.1. The van der Waals surface area contributed by atoms with Crippen LogP contribution in [-0.4, -0.2) is 19.2 Å². The molecule has 0 aliphatic carbocycles. The predicted octanol–water partition coefficient (Wildman–Crippen LogP) is 2.44. The van der Waals surface area contributed by atoms with Crippen molar-refractivity contribution in [3.05, 3.63) is 35.6 Å². The Labute approximate surface area is 86.6 Å². The number of rotatable bonds is 1. The highest BCUT2D eigenvalue weighted by Crippen LogP contribution is 2.34. The molecule has 0 bridgehead atoms. The van der Waals surface area contributed by atoms with Crippen molar-refractivity contribution in [2.45, 2.75) is 18.6 Å². The summed E-state index contributed by atoms with van der Waals surface area (Å²) in [4.78, 5) is 3.91. The lowest BCUT2D eigenvalue weighted by atomic mass is 9.87. The zero-order chi connectivity index (χ0) is 10.9. The average molecular weight is 211 g/mol. The summed E-state index contributed by atoms with van der Waals surface area (Å²) in [6.07, 6.45) is -0.151. The molecule has 80 valence electrons. The van der Waals surface area contributed by atoms with Gasteiger partial charge in [0.1, 0.15) is 18.0 Å². The number of ether oxygens (including phenoxy) is 1. The molecule has 15 heavy (non-hydrogen) atoms. The first-order chi connectivity index (χ1) is 7.14. The van der Waals surface area contributed by atoms with Gasteiger partial charge in [-0.1, -0.05) is 18.2 Å². The van der Waals surface area contributed by atoms with Crippen molar-refractivity contribution < 1.29 is 13.5 Å². The van der Waals surface area contributed by atoms with E-state index in [1.165, 1.54) is 12.5 Å². The van der Waals surface area contributed by atoms with Gasteiger partial charge in [-0.15, -0.1) is 0 Å². The molecule has 1 aliphatic rings. The third-order valence-electron chi connectivity index (χ3n) is 2.67. The van der Waals surface area contributed by atoms with E-state index < -0.39 is 17.5 Å². The average Bonchev–Trinajstić information content (AvgIpc) is 2.23. The lowest BCUT2D eigenvalue weighted by Crippen LogP contribution is -2.39. The van der Waals surface area contributed by atoms with E-state index in [1.807, 2.05) is 0 Å². The van der Waals surface area contributed by atoms with Crippen molar-refractivity contribution in [1.29, 1.82) is 0 Å². The van der Waals surface area contributed by atoms with Crippen LogP contribution < -0.4 is 0 Å². The van der Waals surface area contributed by atoms with Crippen LogP contribution >= 0.6 is 0 Å². The molecule has 0 spiro atoms. The molecule has 1 aromatic carbocycles. The van der Waals surface area contributed by atoms with Crippen molar-refractivity contribution in [3.63, 3.8) is 0 Å². The molecule has 0 amide bonds. The fraction of sp³-hybridized carbons (Fsp3) is 0.364. The monoisotopic (exact) mass is 211 g/mol. The zero-order valence-electron chi connectivity index (χ0n) is 8.28.